The average Bonchev–Trinajstić information content (AvgIpc) is 2.46. The zero-order valence-corrected chi connectivity index (χ0v) is 12.9. The first-order valence-corrected chi connectivity index (χ1v) is 6.64. The number of para-hydroxylation sites is 1. The van der Waals surface area contributed by atoms with Gasteiger partial charge in [0, 0.05) is 31.6 Å². The zero-order valence-electron chi connectivity index (χ0n) is 12.9. The Balaban J connectivity index is 2.85. The molecule has 1 N–H and O–H groups in total. The second-order valence-corrected chi connectivity index (χ2v) is 4.81. The van der Waals surface area contributed by atoms with Gasteiger partial charge in [0.25, 0.3) is 0 Å². The molecule has 0 aromatic heterocycles. The summed E-state index contributed by atoms with van der Waals surface area (Å²) < 4.78 is 10.6. The number of carbonyl (C=O) groups is 1. The van der Waals surface area contributed by atoms with Crippen LogP contribution in [0.1, 0.15) is 12.5 Å². The molecule has 0 bridgehead atoms. The summed E-state index contributed by atoms with van der Waals surface area (Å²) in [7, 11) is 6.85. The lowest BCUT2D eigenvalue weighted by Crippen LogP contribution is -2.35. The molecule has 1 atom stereocenters. The second-order valence-electron chi connectivity index (χ2n) is 4.81. The summed E-state index contributed by atoms with van der Waals surface area (Å²) in [5.41, 5.74) is 0.930. The van der Waals surface area contributed by atoms with Crippen LogP contribution in [-0.2, 0) is 11.3 Å². The van der Waals surface area contributed by atoms with Gasteiger partial charge in [-0.2, -0.15) is 0 Å². The number of nitrogens with zero attached hydrogens (tertiary/aromatic N) is 1. The van der Waals surface area contributed by atoms with Gasteiger partial charge in [0.05, 0.1) is 14.2 Å². The Bertz CT molecular complexity index is 449. The number of benzene rings is 1. The van der Waals surface area contributed by atoms with Crippen molar-refractivity contribution in [3.63, 3.8) is 0 Å². The molecule has 0 radical (unpaired) electrons. The lowest BCUT2D eigenvalue weighted by atomic mass is 10.1. The van der Waals surface area contributed by atoms with Crippen molar-refractivity contribution in [2.45, 2.75) is 13.5 Å². The standard InChI is InChI=1S/C15H24N2O3/c1-11(9-16-2)15(18)17(3)10-12-7-6-8-13(19-4)14(12)20-5/h6-8,11,16H,9-10H2,1-5H3. The molecular weight excluding hydrogens is 256 g/mol. The predicted octanol–water partition coefficient (Wildman–Crippen LogP) is 1.52. The smallest absolute Gasteiger partial charge is 0.226 e. The summed E-state index contributed by atoms with van der Waals surface area (Å²) in [5, 5.41) is 3.02. The van der Waals surface area contributed by atoms with E-state index in [9.17, 15) is 4.79 Å². The number of carbonyl (C=O) groups excluding carboxylic acids is 1. The van der Waals surface area contributed by atoms with Crippen molar-refractivity contribution in [3.05, 3.63) is 23.8 Å². The molecule has 0 heterocycles. The molecule has 0 saturated carbocycles. The van der Waals surface area contributed by atoms with Gasteiger partial charge in [-0.25, -0.2) is 0 Å². The molecule has 0 spiro atoms. The third-order valence-electron chi connectivity index (χ3n) is 3.20. The van der Waals surface area contributed by atoms with E-state index in [0.717, 1.165) is 5.56 Å². The Morgan fingerprint density at radius 3 is 2.60 bits per heavy atom. The van der Waals surface area contributed by atoms with Gasteiger partial charge >= 0.3 is 0 Å². The van der Waals surface area contributed by atoms with Crippen LogP contribution < -0.4 is 14.8 Å². The SMILES string of the molecule is CNCC(C)C(=O)N(C)Cc1cccc(OC)c1OC. The lowest BCUT2D eigenvalue weighted by Gasteiger charge is -2.23. The number of amides is 1. The molecule has 0 saturated heterocycles. The Labute approximate surface area is 120 Å². The Hall–Kier alpha value is -1.75. The first-order chi connectivity index (χ1) is 9.54. The zero-order chi connectivity index (χ0) is 15.1. The average molecular weight is 280 g/mol. The molecule has 1 rings (SSSR count). The van der Waals surface area contributed by atoms with Crippen molar-refractivity contribution in [3.8, 4) is 11.5 Å². The van der Waals surface area contributed by atoms with Crippen molar-refractivity contribution in [1.82, 2.24) is 10.2 Å². The molecule has 0 aliphatic carbocycles. The predicted molar refractivity (Wildman–Crippen MR) is 79.1 cm³/mol. The van der Waals surface area contributed by atoms with E-state index in [1.54, 1.807) is 26.2 Å². The van der Waals surface area contributed by atoms with E-state index in [1.807, 2.05) is 32.2 Å². The number of ether oxygens (including phenoxy) is 2. The number of methoxy groups -OCH3 is 2. The maximum atomic E-state index is 12.2. The molecule has 112 valence electrons. The first-order valence-electron chi connectivity index (χ1n) is 6.64. The minimum absolute atomic E-state index is 0.0541. The molecule has 1 amide bonds. The number of hydrogen-bond donors (Lipinski definition) is 1. The van der Waals surface area contributed by atoms with Gasteiger partial charge in [-0.1, -0.05) is 19.1 Å². The van der Waals surface area contributed by atoms with Crippen LogP contribution in [-0.4, -0.2) is 45.7 Å². The minimum Gasteiger partial charge on any atom is -0.493 e. The molecular formula is C15H24N2O3. The van der Waals surface area contributed by atoms with Gasteiger partial charge in [0.15, 0.2) is 11.5 Å². The highest BCUT2D eigenvalue weighted by Gasteiger charge is 2.19. The normalized spacial score (nSPS) is 11.8. The van der Waals surface area contributed by atoms with Crippen LogP contribution in [0, 0.1) is 5.92 Å². The van der Waals surface area contributed by atoms with Gasteiger partial charge in [-0.3, -0.25) is 4.79 Å². The van der Waals surface area contributed by atoms with Gasteiger partial charge in [-0.15, -0.1) is 0 Å². The van der Waals surface area contributed by atoms with Crippen molar-refractivity contribution in [1.29, 1.82) is 0 Å². The molecule has 20 heavy (non-hydrogen) atoms. The summed E-state index contributed by atoms with van der Waals surface area (Å²) in [6.45, 7) is 3.07. The van der Waals surface area contributed by atoms with E-state index < -0.39 is 0 Å². The quantitative estimate of drug-likeness (QED) is 0.822. The Kier molecular flexibility index (Phi) is 6.31. The molecule has 0 aliphatic rings. The van der Waals surface area contributed by atoms with E-state index in [4.69, 9.17) is 9.47 Å². The third kappa shape index (κ3) is 3.87. The molecule has 1 unspecified atom stereocenters. The van der Waals surface area contributed by atoms with E-state index in [-0.39, 0.29) is 11.8 Å². The molecule has 0 fully saturated rings. The summed E-state index contributed by atoms with van der Waals surface area (Å²) in [6.07, 6.45) is 0. The van der Waals surface area contributed by atoms with Crippen LogP contribution in [0.25, 0.3) is 0 Å². The highest BCUT2D eigenvalue weighted by molar-refractivity contribution is 5.78. The fraction of sp³-hybridized carbons (Fsp3) is 0.533. The summed E-state index contributed by atoms with van der Waals surface area (Å²) in [6, 6.07) is 5.67. The van der Waals surface area contributed by atoms with E-state index in [2.05, 4.69) is 5.32 Å². The topological polar surface area (TPSA) is 50.8 Å². The minimum atomic E-state index is -0.0541. The Morgan fingerprint density at radius 2 is 2.05 bits per heavy atom. The molecule has 5 nitrogen and oxygen atoms in total. The van der Waals surface area contributed by atoms with Crippen LogP contribution in [0.4, 0.5) is 0 Å². The molecule has 1 aromatic rings. The fourth-order valence-electron chi connectivity index (χ4n) is 2.18. The first kappa shape index (κ1) is 16.3. The molecule has 5 heteroatoms. The third-order valence-corrected chi connectivity index (χ3v) is 3.20. The fourth-order valence-corrected chi connectivity index (χ4v) is 2.18. The number of rotatable bonds is 7. The molecule has 0 aliphatic heterocycles. The monoisotopic (exact) mass is 280 g/mol. The summed E-state index contributed by atoms with van der Waals surface area (Å²) in [5.74, 6) is 1.40. The van der Waals surface area contributed by atoms with Crippen LogP contribution in [0.15, 0.2) is 18.2 Å². The van der Waals surface area contributed by atoms with Crippen LogP contribution in [0.2, 0.25) is 0 Å². The second kappa shape index (κ2) is 7.75. The maximum absolute atomic E-state index is 12.2. The largest absolute Gasteiger partial charge is 0.493 e. The van der Waals surface area contributed by atoms with Crippen LogP contribution >= 0.6 is 0 Å². The van der Waals surface area contributed by atoms with Crippen molar-refractivity contribution >= 4 is 5.91 Å². The highest BCUT2D eigenvalue weighted by atomic mass is 16.5. The van der Waals surface area contributed by atoms with Gasteiger partial charge < -0.3 is 19.7 Å². The van der Waals surface area contributed by atoms with E-state index in [0.29, 0.717) is 24.6 Å². The maximum Gasteiger partial charge on any atom is 0.226 e. The van der Waals surface area contributed by atoms with E-state index in [1.165, 1.54) is 0 Å². The highest BCUT2D eigenvalue weighted by Crippen LogP contribution is 2.31. The summed E-state index contributed by atoms with van der Waals surface area (Å²) in [4.78, 5) is 13.9. The van der Waals surface area contributed by atoms with Gasteiger partial charge in [-0.05, 0) is 13.1 Å². The Morgan fingerprint density at radius 1 is 1.35 bits per heavy atom. The molecule has 1 aromatic carbocycles. The van der Waals surface area contributed by atoms with Gasteiger partial charge in [0.1, 0.15) is 0 Å². The lowest BCUT2D eigenvalue weighted by molar-refractivity contribution is -0.134. The van der Waals surface area contributed by atoms with Crippen LogP contribution in [0.5, 0.6) is 11.5 Å². The number of hydrogen-bond acceptors (Lipinski definition) is 4. The number of nitrogens with one attached hydrogen (secondary N) is 1. The van der Waals surface area contributed by atoms with Crippen molar-refractivity contribution in [2.75, 3.05) is 34.9 Å². The summed E-state index contributed by atoms with van der Waals surface area (Å²) >= 11 is 0. The van der Waals surface area contributed by atoms with Gasteiger partial charge in [0.2, 0.25) is 5.91 Å². The van der Waals surface area contributed by atoms with Crippen molar-refractivity contribution < 1.29 is 14.3 Å². The van der Waals surface area contributed by atoms with Crippen LogP contribution in [0.3, 0.4) is 0 Å². The van der Waals surface area contributed by atoms with Crippen molar-refractivity contribution in [2.24, 2.45) is 5.92 Å². The van der Waals surface area contributed by atoms with E-state index >= 15 is 0 Å².